The van der Waals surface area contributed by atoms with Crippen molar-refractivity contribution in [3.8, 4) is 0 Å². The molecular weight excluding hydrogens is 191 g/mol. The van der Waals surface area contributed by atoms with Crippen molar-refractivity contribution in [2.24, 2.45) is 0 Å². The van der Waals surface area contributed by atoms with Crippen LogP contribution in [-0.4, -0.2) is 7.28 Å². The van der Waals surface area contributed by atoms with Gasteiger partial charge in [-0.1, -0.05) is 97.1 Å². The van der Waals surface area contributed by atoms with Crippen molar-refractivity contribution in [3.05, 3.63) is 0 Å². The average molecular weight is 223 g/mol. The maximum atomic E-state index is 2.45. The number of rotatable bonds is 11. The molecule has 0 rings (SSSR count). The van der Waals surface area contributed by atoms with Crippen LogP contribution < -0.4 is 0 Å². The fraction of sp³-hybridized carbons (Fsp3) is 1.00. The molecule has 0 aliphatic rings. The molecule has 0 amide bonds. The first-order valence-electron chi connectivity index (χ1n) is 7.49. The standard InChI is InChI=1S/C15H32B/c1-5-7-9-11-13-15(3,16-4)14-12-10-8-6-2/h5-14H2,1-4H3. The van der Waals surface area contributed by atoms with Crippen LogP contribution in [0.25, 0.3) is 0 Å². The summed E-state index contributed by atoms with van der Waals surface area (Å²) in [5.74, 6) is 0. The second-order valence-corrected chi connectivity index (χ2v) is 5.56. The van der Waals surface area contributed by atoms with Crippen LogP contribution in [0.5, 0.6) is 0 Å². The molecule has 0 atom stereocenters. The monoisotopic (exact) mass is 223 g/mol. The minimum absolute atomic E-state index is 0.515. The molecule has 0 bridgehead atoms. The molecule has 0 unspecified atom stereocenters. The molecule has 16 heavy (non-hydrogen) atoms. The Balaban J connectivity index is 3.64. The smallest absolute Gasteiger partial charge is 0.0914 e. The van der Waals surface area contributed by atoms with Gasteiger partial charge in [-0.3, -0.25) is 0 Å². The number of hydrogen-bond acceptors (Lipinski definition) is 0. The molecule has 0 aromatic carbocycles. The lowest BCUT2D eigenvalue weighted by atomic mass is 9.51. The van der Waals surface area contributed by atoms with E-state index in [1.807, 2.05) is 0 Å². The van der Waals surface area contributed by atoms with Crippen LogP contribution in [-0.2, 0) is 0 Å². The highest BCUT2D eigenvalue weighted by atomic mass is 14.2. The zero-order valence-electron chi connectivity index (χ0n) is 12.1. The van der Waals surface area contributed by atoms with Crippen LogP contribution in [0.3, 0.4) is 0 Å². The minimum atomic E-state index is 0.515. The zero-order chi connectivity index (χ0) is 12.3. The predicted octanol–water partition coefficient (Wildman–Crippen LogP) is 5.86. The minimum Gasteiger partial charge on any atom is -0.0914 e. The van der Waals surface area contributed by atoms with Crippen LogP contribution in [0.15, 0.2) is 0 Å². The van der Waals surface area contributed by atoms with Gasteiger partial charge >= 0.3 is 0 Å². The quantitative estimate of drug-likeness (QED) is 0.304. The van der Waals surface area contributed by atoms with Crippen LogP contribution in [0.2, 0.25) is 12.1 Å². The first kappa shape index (κ1) is 16.1. The lowest BCUT2D eigenvalue weighted by molar-refractivity contribution is 0.451. The molecule has 95 valence electrons. The van der Waals surface area contributed by atoms with Crippen LogP contribution >= 0.6 is 0 Å². The topological polar surface area (TPSA) is 0 Å². The fourth-order valence-electron chi connectivity index (χ4n) is 2.32. The molecule has 0 saturated heterocycles. The summed E-state index contributed by atoms with van der Waals surface area (Å²) in [6.45, 7) is 9.27. The predicted molar refractivity (Wildman–Crippen MR) is 77.5 cm³/mol. The largest absolute Gasteiger partial charge is 0.114 e. The summed E-state index contributed by atoms with van der Waals surface area (Å²) in [5, 5.41) is 0.515. The molecular formula is C15H32B. The van der Waals surface area contributed by atoms with Crippen molar-refractivity contribution in [2.45, 2.75) is 97.1 Å². The third-order valence-electron chi connectivity index (χ3n) is 3.90. The second-order valence-electron chi connectivity index (χ2n) is 5.56. The molecule has 0 spiro atoms. The Morgan fingerprint density at radius 1 is 0.750 bits per heavy atom. The number of hydrogen-bond donors (Lipinski definition) is 0. The van der Waals surface area contributed by atoms with Crippen LogP contribution in [0, 0.1) is 0 Å². The van der Waals surface area contributed by atoms with E-state index in [4.69, 9.17) is 0 Å². The summed E-state index contributed by atoms with van der Waals surface area (Å²) in [6, 6.07) is 0. The summed E-state index contributed by atoms with van der Waals surface area (Å²) in [4.78, 5) is 0. The van der Waals surface area contributed by atoms with Gasteiger partial charge in [0.25, 0.3) is 0 Å². The fourth-order valence-corrected chi connectivity index (χ4v) is 2.32. The molecule has 0 fully saturated rings. The van der Waals surface area contributed by atoms with Gasteiger partial charge in [-0.2, -0.15) is 0 Å². The molecule has 0 aromatic heterocycles. The Morgan fingerprint density at radius 2 is 1.19 bits per heavy atom. The molecule has 0 saturated carbocycles. The van der Waals surface area contributed by atoms with Gasteiger partial charge in [0.2, 0.25) is 0 Å². The Bertz CT molecular complexity index is 130. The Morgan fingerprint density at radius 3 is 1.50 bits per heavy atom. The first-order chi connectivity index (χ1) is 7.68. The van der Waals surface area contributed by atoms with Crippen molar-refractivity contribution in [3.63, 3.8) is 0 Å². The van der Waals surface area contributed by atoms with E-state index in [9.17, 15) is 0 Å². The normalized spacial score (nSPS) is 11.8. The van der Waals surface area contributed by atoms with E-state index in [0.29, 0.717) is 5.31 Å². The summed E-state index contributed by atoms with van der Waals surface area (Å²) < 4.78 is 0. The van der Waals surface area contributed by atoms with Crippen LogP contribution in [0.4, 0.5) is 0 Å². The Hall–Kier alpha value is 0.0649. The summed E-state index contributed by atoms with van der Waals surface area (Å²) in [5.41, 5.74) is 0. The lowest BCUT2D eigenvalue weighted by Crippen LogP contribution is -2.14. The van der Waals surface area contributed by atoms with E-state index in [0.717, 1.165) is 0 Å². The maximum absolute atomic E-state index is 2.45. The van der Waals surface area contributed by atoms with Gasteiger partial charge in [-0.15, -0.1) is 0 Å². The van der Waals surface area contributed by atoms with Crippen molar-refractivity contribution in [2.75, 3.05) is 0 Å². The van der Waals surface area contributed by atoms with Gasteiger partial charge in [0, 0.05) is 0 Å². The van der Waals surface area contributed by atoms with E-state index in [-0.39, 0.29) is 0 Å². The third-order valence-corrected chi connectivity index (χ3v) is 3.90. The van der Waals surface area contributed by atoms with Crippen LogP contribution in [0.1, 0.15) is 85.0 Å². The van der Waals surface area contributed by atoms with E-state index in [1.165, 1.54) is 64.2 Å². The van der Waals surface area contributed by atoms with Gasteiger partial charge in [0.05, 0.1) is 0 Å². The highest BCUT2D eigenvalue weighted by Crippen LogP contribution is 2.37. The summed E-state index contributed by atoms with van der Waals surface area (Å²) >= 11 is 0. The molecule has 0 aliphatic carbocycles. The zero-order valence-corrected chi connectivity index (χ0v) is 12.1. The van der Waals surface area contributed by atoms with Gasteiger partial charge in [0.15, 0.2) is 0 Å². The summed E-state index contributed by atoms with van der Waals surface area (Å²) in [7, 11) is 2.45. The lowest BCUT2D eigenvalue weighted by Gasteiger charge is -2.28. The second kappa shape index (κ2) is 10.2. The van der Waals surface area contributed by atoms with E-state index in [1.54, 1.807) is 0 Å². The Kier molecular flexibility index (Phi) is 10.3. The molecule has 1 radical (unpaired) electrons. The van der Waals surface area contributed by atoms with Gasteiger partial charge in [0.1, 0.15) is 7.28 Å². The average Bonchev–Trinajstić information content (AvgIpc) is 2.31. The first-order valence-corrected chi connectivity index (χ1v) is 7.49. The van der Waals surface area contributed by atoms with Crippen molar-refractivity contribution >= 4 is 7.28 Å². The van der Waals surface area contributed by atoms with Gasteiger partial charge < -0.3 is 0 Å². The van der Waals surface area contributed by atoms with E-state index >= 15 is 0 Å². The molecule has 0 aromatic rings. The van der Waals surface area contributed by atoms with E-state index < -0.39 is 0 Å². The highest BCUT2D eigenvalue weighted by Gasteiger charge is 2.21. The summed E-state index contributed by atoms with van der Waals surface area (Å²) in [6.07, 6.45) is 14.0. The molecule has 0 aliphatic heterocycles. The number of unbranched alkanes of at least 4 members (excludes halogenated alkanes) is 6. The van der Waals surface area contributed by atoms with E-state index in [2.05, 4.69) is 34.9 Å². The van der Waals surface area contributed by atoms with Crippen molar-refractivity contribution < 1.29 is 0 Å². The molecule has 0 nitrogen and oxygen atoms in total. The molecule has 0 N–H and O–H groups in total. The maximum Gasteiger partial charge on any atom is 0.114 e. The van der Waals surface area contributed by atoms with Crippen molar-refractivity contribution in [1.29, 1.82) is 0 Å². The Labute approximate surface area is 105 Å². The highest BCUT2D eigenvalue weighted by molar-refractivity contribution is 6.38. The van der Waals surface area contributed by atoms with Gasteiger partial charge in [-0.05, 0) is 0 Å². The molecule has 1 heteroatoms. The van der Waals surface area contributed by atoms with Crippen molar-refractivity contribution in [1.82, 2.24) is 0 Å². The molecule has 0 heterocycles. The third kappa shape index (κ3) is 8.24. The SMILES string of the molecule is C[B]C(C)(CCCCCC)CCCCCC. The van der Waals surface area contributed by atoms with Gasteiger partial charge in [-0.25, -0.2) is 0 Å².